The number of hydrogen-bond acceptors (Lipinski definition) is 4. The number of fused-ring (bicyclic) bond motifs is 2. The van der Waals surface area contributed by atoms with Gasteiger partial charge in [-0.15, -0.1) is 0 Å². The highest BCUT2D eigenvalue weighted by molar-refractivity contribution is 5.91. The lowest BCUT2D eigenvalue weighted by Gasteiger charge is -1.97. The van der Waals surface area contributed by atoms with Gasteiger partial charge in [0, 0.05) is 17.8 Å². The van der Waals surface area contributed by atoms with Crippen molar-refractivity contribution in [2.75, 3.05) is 0 Å². The van der Waals surface area contributed by atoms with Gasteiger partial charge in [-0.1, -0.05) is 0 Å². The Bertz CT molecular complexity index is 501. The maximum Gasteiger partial charge on any atom is 0.0952 e. The van der Waals surface area contributed by atoms with Crippen molar-refractivity contribution in [3.63, 3.8) is 0 Å². The van der Waals surface area contributed by atoms with E-state index in [-0.39, 0.29) is 0 Å². The van der Waals surface area contributed by atoms with Crippen LogP contribution < -0.4 is 0 Å². The van der Waals surface area contributed by atoms with Gasteiger partial charge >= 0.3 is 0 Å². The third-order valence-electron chi connectivity index (χ3n) is 2.10. The third-order valence-corrected chi connectivity index (χ3v) is 2.10. The van der Waals surface area contributed by atoms with Crippen LogP contribution in [0.25, 0.3) is 21.9 Å². The summed E-state index contributed by atoms with van der Waals surface area (Å²) < 4.78 is 0. The topological polar surface area (TPSA) is 51.6 Å². The first-order valence-electron chi connectivity index (χ1n) is 4.26. The Morgan fingerprint density at radius 1 is 0.786 bits per heavy atom. The van der Waals surface area contributed by atoms with Gasteiger partial charge in [-0.3, -0.25) is 9.97 Å². The molecule has 0 saturated carbocycles. The minimum absolute atomic E-state index is 0.848. The van der Waals surface area contributed by atoms with Crippen LogP contribution in [0.3, 0.4) is 0 Å². The summed E-state index contributed by atoms with van der Waals surface area (Å²) in [6, 6.07) is 5.77. The monoisotopic (exact) mass is 182 g/mol. The molecule has 14 heavy (non-hydrogen) atoms. The smallest absolute Gasteiger partial charge is 0.0952 e. The summed E-state index contributed by atoms with van der Waals surface area (Å²) in [5.41, 5.74) is 2.58. The van der Waals surface area contributed by atoms with E-state index in [1.54, 1.807) is 18.6 Å². The summed E-state index contributed by atoms with van der Waals surface area (Å²) in [5.74, 6) is 0. The lowest BCUT2D eigenvalue weighted by Crippen LogP contribution is -1.86. The first-order valence-corrected chi connectivity index (χ1v) is 4.26. The normalized spacial score (nSPS) is 10.9. The molecule has 0 atom stereocenters. The predicted molar refractivity (Wildman–Crippen MR) is 52.6 cm³/mol. The van der Waals surface area contributed by atoms with E-state index in [9.17, 15) is 0 Å². The van der Waals surface area contributed by atoms with Crippen LogP contribution in [0.5, 0.6) is 0 Å². The first-order chi connectivity index (χ1) is 6.93. The Labute approximate surface area is 79.6 Å². The molecule has 66 valence electrons. The standard InChI is InChI=1S/C10H6N4/c1-2-13-14-8-6-10-9(5-7(1)8)11-3-4-12-10/h1-6H. The summed E-state index contributed by atoms with van der Waals surface area (Å²) in [4.78, 5) is 8.42. The molecular formula is C10H6N4. The molecule has 4 heteroatoms. The van der Waals surface area contributed by atoms with Crippen molar-refractivity contribution < 1.29 is 0 Å². The molecule has 0 bridgehead atoms. The molecule has 2 aromatic heterocycles. The Balaban J connectivity index is 2.52. The summed E-state index contributed by atoms with van der Waals surface area (Å²) in [6.45, 7) is 0. The van der Waals surface area contributed by atoms with Crippen LogP contribution in [0.1, 0.15) is 0 Å². The fourth-order valence-electron chi connectivity index (χ4n) is 1.45. The summed E-state index contributed by atoms with van der Waals surface area (Å²) in [7, 11) is 0. The molecule has 3 rings (SSSR count). The zero-order valence-corrected chi connectivity index (χ0v) is 7.25. The highest BCUT2D eigenvalue weighted by atomic mass is 15.1. The number of aromatic nitrogens is 4. The fourth-order valence-corrected chi connectivity index (χ4v) is 1.45. The molecule has 0 aliphatic carbocycles. The number of nitrogens with zero attached hydrogens (tertiary/aromatic N) is 4. The second kappa shape index (κ2) is 2.70. The van der Waals surface area contributed by atoms with Gasteiger partial charge in [-0.25, -0.2) is 0 Å². The van der Waals surface area contributed by atoms with Gasteiger partial charge in [-0.2, -0.15) is 10.2 Å². The fraction of sp³-hybridized carbons (Fsp3) is 0. The quantitative estimate of drug-likeness (QED) is 0.495. The van der Waals surface area contributed by atoms with E-state index in [0.717, 1.165) is 21.9 Å². The molecule has 1 aromatic carbocycles. The van der Waals surface area contributed by atoms with Crippen molar-refractivity contribution in [3.8, 4) is 0 Å². The Kier molecular flexibility index (Phi) is 1.41. The van der Waals surface area contributed by atoms with Crippen LogP contribution in [0, 0.1) is 0 Å². The average Bonchev–Trinajstić information content (AvgIpc) is 2.26. The molecule has 0 spiro atoms. The highest BCUT2D eigenvalue weighted by Gasteiger charge is 1.99. The van der Waals surface area contributed by atoms with E-state index >= 15 is 0 Å². The molecule has 0 radical (unpaired) electrons. The van der Waals surface area contributed by atoms with Crippen molar-refractivity contribution >= 4 is 21.9 Å². The predicted octanol–water partition coefficient (Wildman–Crippen LogP) is 1.57. The molecule has 4 nitrogen and oxygen atoms in total. The van der Waals surface area contributed by atoms with Crippen molar-refractivity contribution in [2.24, 2.45) is 0 Å². The number of benzene rings is 1. The van der Waals surface area contributed by atoms with E-state index in [2.05, 4.69) is 20.2 Å². The Morgan fingerprint density at radius 3 is 2.43 bits per heavy atom. The lowest BCUT2D eigenvalue weighted by molar-refractivity contribution is 1.08. The second-order valence-corrected chi connectivity index (χ2v) is 2.99. The number of rotatable bonds is 0. The van der Waals surface area contributed by atoms with E-state index in [1.165, 1.54) is 0 Å². The first kappa shape index (κ1) is 7.32. The minimum Gasteiger partial charge on any atom is -0.253 e. The Morgan fingerprint density at radius 2 is 1.57 bits per heavy atom. The summed E-state index contributed by atoms with van der Waals surface area (Å²) in [6.07, 6.45) is 5.03. The zero-order chi connectivity index (χ0) is 9.38. The molecule has 0 amide bonds. The van der Waals surface area contributed by atoms with Crippen LogP contribution in [0.15, 0.2) is 36.8 Å². The van der Waals surface area contributed by atoms with Gasteiger partial charge in [0.25, 0.3) is 0 Å². The lowest BCUT2D eigenvalue weighted by atomic mass is 10.2. The van der Waals surface area contributed by atoms with Gasteiger partial charge in [0.2, 0.25) is 0 Å². The number of hydrogen-bond donors (Lipinski definition) is 0. The van der Waals surface area contributed by atoms with E-state index < -0.39 is 0 Å². The van der Waals surface area contributed by atoms with Crippen molar-refractivity contribution in [1.82, 2.24) is 20.2 Å². The minimum atomic E-state index is 0.848. The van der Waals surface area contributed by atoms with Crippen LogP contribution in [0.4, 0.5) is 0 Å². The van der Waals surface area contributed by atoms with E-state index in [4.69, 9.17) is 0 Å². The Hall–Kier alpha value is -2.10. The SMILES string of the molecule is c1cc2cc3nccnc3cc2nn1. The van der Waals surface area contributed by atoms with E-state index in [0.29, 0.717) is 0 Å². The maximum absolute atomic E-state index is 4.22. The van der Waals surface area contributed by atoms with Crippen LogP contribution in [-0.2, 0) is 0 Å². The molecule has 2 heterocycles. The molecule has 0 fully saturated rings. The maximum atomic E-state index is 4.22. The molecule has 0 unspecified atom stereocenters. The van der Waals surface area contributed by atoms with Crippen LogP contribution in [-0.4, -0.2) is 20.2 Å². The molecular weight excluding hydrogens is 176 g/mol. The molecule has 0 aliphatic heterocycles. The molecule has 0 aliphatic rings. The molecule has 3 aromatic rings. The van der Waals surface area contributed by atoms with Gasteiger partial charge in [0.05, 0.1) is 22.7 Å². The van der Waals surface area contributed by atoms with Gasteiger partial charge in [0.15, 0.2) is 0 Å². The second-order valence-electron chi connectivity index (χ2n) is 2.99. The van der Waals surface area contributed by atoms with Crippen molar-refractivity contribution in [3.05, 3.63) is 36.8 Å². The highest BCUT2D eigenvalue weighted by Crippen LogP contribution is 2.16. The van der Waals surface area contributed by atoms with Crippen molar-refractivity contribution in [2.45, 2.75) is 0 Å². The largest absolute Gasteiger partial charge is 0.253 e. The van der Waals surface area contributed by atoms with Crippen LogP contribution >= 0.6 is 0 Å². The van der Waals surface area contributed by atoms with Gasteiger partial charge < -0.3 is 0 Å². The summed E-state index contributed by atoms with van der Waals surface area (Å²) in [5, 5.41) is 8.87. The molecule has 0 N–H and O–H groups in total. The molecule has 0 saturated heterocycles. The third kappa shape index (κ3) is 1.01. The van der Waals surface area contributed by atoms with Crippen molar-refractivity contribution in [1.29, 1.82) is 0 Å². The van der Waals surface area contributed by atoms with Crippen LogP contribution in [0.2, 0.25) is 0 Å². The average molecular weight is 182 g/mol. The zero-order valence-electron chi connectivity index (χ0n) is 7.25. The van der Waals surface area contributed by atoms with E-state index in [1.807, 2.05) is 18.2 Å². The summed E-state index contributed by atoms with van der Waals surface area (Å²) >= 11 is 0. The van der Waals surface area contributed by atoms with Gasteiger partial charge in [0.1, 0.15) is 0 Å². The van der Waals surface area contributed by atoms with Gasteiger partial charge in [-0.05, 0) is 18.2 Å².